The minimum atomic E-state index is -0.348. The number of piperazine rings is 1. The summed E-state index contributed by atoms with van der Waals surface area (Å²) in [6.07, 6.45) is 0. The third kappa shape index (κ3) is 3.28. The molecule has 0 unspecified atom stereocenters. The topological polar surface area (TPSA) is 91.4 Å². The van der Waals surface area contributed by atoms with E-state index in [0.717, 1.165) is 24.3 Å². The largest absolute Gasteiger partial charge is 0.465 e. The highest BCUT2D eigenvalue weighted by atomic mass is 16.5. The third-order valence-electron chi connectivity index (χ3n) is 5.11. The number of aromatic nitrogens is 3. The van der Waals surface area contributed by atoms with Crippen molar-refractivity contribution in [1.29, 1.82) is 0 Å². The predicted octanol–water partition coefficient (Wildman–Crippen LogP) is 2.10. The van der Waals surface area contributed by atoms with Gasteiger partial charge in [-0.1, -0.05) is 0 Å². The van der Waals surface area contributed by atoms with Gasteiger partial charge in [0, 0.05) is 36.9 Å². The average Bonchev–Trinajstić information content (AvgIpc) is 3.20. The van der Waals surface area contributed by atoms with Crippen LogP contribution in [0.3, 0.4) is 0 Å². The highest BCUT2D eigenvalue weighted by molar-refractivity contribution is 5.97. The number of hydrogen-bond acceptors (Lipinski definition) is 6. The zero-order chi connectivity index (χ0) is 19.7. The van der Waals surface area contributed by atoms with E-state index in [0.29, 0.717) is 23.2 Å². The quantitative estimate of drug-likeness (QED) is 0.701. The Kier molecular flexibility index (Phi) is 4.68. The van der Waals surface area contributed by atoms with Crippen molar-refractivity contribution in [3.63, 3.8) is 0 Å². The molecule has 0 spiro atoms. The summed E-state index contributed by atoms with van der Waals surface area (Å²) in [5.41, 5.74) is 3.59. The Bertz CT molecular complexity index is 1010. The summed E-state index contributed by atoms with van der Waals surface area (Å²) in [4.78, 5) is 28.7. The molecular weight excluding hydrogens is 358 g/mol. The Morgan fingerprint density at radius 2 is 1.75 bits per heavy atom. The lowest BCUT2D eigenvalue weighted by atomic mass is 10.1. The number of ether oxygens (including phenoxy) is 1. The fourth-order valence-corrected chi connectivity index (χ4v) is 3.56. The van der Waals surface area contributed by atoms with Crippen molar-refractivity contribution in [2.45, 2.75) is 13.0 Å². The van der Waals surface area contributed by atoms with E-state index in [1.807, 2.05) is 24.0 Å². The van der Waals surface area contributed by atoms with Gasteiger partial charge in [-0.3, -0.25) is 4.79 Å². The minimum Gasteiger partial charge on any atom is -0.465 e. The van der Waals surface area contributed by atoms with E-state index in [1.165, 1.54) is 7.11 Å². The standard InChI is InChI=1S/C20H21N5O3/c1-13-12-24(16-6-3-14(4-7-16)20(27)28-2)9-10-25(13)19(26)15-5-8-17-18(11-15)22-23-21-17/h3-8,11,13H,9-10,12H2,1-2H3,(H,21,22,23)/t13-/m0/s1. The van der Waals surface area contributed by atoms with Crippen LogP contribution in [0.1, 0.15) is 27.6 Å². The van der Waals surface area contributed by atoms with E-state index in [-0.39, 0.29) is 17.9 Å². The van der Waals surface area contributed by atoms with Crippen molar-refractivity contribution in [2.24, 2.45) is 0 Å². The Hall–Kier alpha value is -3.42. The summed E-state index contributed by atoms with van der Waals surface area (Å²) in [7, 11) is 1.37. The molecule has 1 N–H and O–H groups in total. The molecule has 8 nitrogen and oxygen atoms in total. The van der Waals surface area contributed by atoms with Gasteiger partial charge in [0.05, 0.1) is 12.7 Å². The Morgan fingerprint density at radius 3 is 2.46 bits per heavy atom. The van der Waals surface area contributed by atoms with E-state index >= 15 is 0 Å². The molecule has 0 bridgehead atoms. The van der Waals surface area contributed by atoms with Gasteiger partial charge in [-0.15, -0.1) is 0 Å². The summed E-state index contributed by atoms with van der Waals surface area (Å²) in [5, 5.41) is 10.6. The molecule has 1 fully saturated rings. The number of fused-ring (bicyclic) bond motifs is 1. The molecular formula is C20H21N5O3. The van der Waals surface area contributed by atoms with Crippen LogP contribution in [0, 0.1) is 0 Å². The summed E-state index contributed by atoms with van der Waals surface area (Å²) >= 11 is 0. The molecule has 1 amide bonds. The molecule has 1 aliphatic rings. The van der Waals surface area contributed by atoms with Crippen molar-refractivity contribution in [2.75, 3.05) is 31.6 Å². The van der Waals surface area contributed by atoms with Gasteiger partial charge in [-0.05, 0) is 49.4 Å². The lowest BCUT2D eigenvalue weighted by Gasteiger charge is -2.41. The molecule has 1 atom stereocenters. The molecule has 0 radical (unpaired) electrons. The van der Waals surface area contributed by atoms with Crippen LogP contribution in [0.2, 0.25) is 0 Å². The number of rotatable bonds is 3. The van der Waals surface area contributed by atoms with Crippen molar-refractivity contribution in [1.82, 2.24) is 20.3 Å². The molecule has 2 heterocycles. The van der Waals surface area contributed by atoms with Gasteiger partial charge in [-0.2, -0.15) is 15.4 Å². The molecule has 4 rings (SSSR count). The van der Waals surface area contributed by atoms with Crippen molar-refractivity contribution in [3.05, 3.63) is 53.6 Å². The van der Waals surface area contributed by atoms with Gasteiger partial charge in [0.15, 0.2) is 0 Å². The molecule has 1 saturated heterocycles. The molecule has 3 aromatic rings. The second kappa shape index (κ2) is 7.30. The number of carbonyl (C=O) groups is 2. The van der Waals surface area contributed by atoms with Gasteiger partial charge in [0.1, 0.15) is 11.0 Å². The highest BCUT2D eigenvalue weighted by Crippen LogP contribution is 2.22. The van der Waals surface area contributed by atoms with Gasteiger partial charge in [-0.25, -0.2) is 4.79 Å². The normalized spacial score (nSPS) is 17.0. The number of amides is 1. The first-order chi connectivity index (χ1) is 13.6. The van der Waals surface area contributed by atoms with Gasteiger partial charge in [0.25, 0.3) is 5.91 Å². The number of nitrogens with one attached hydrogen (secondary N) is 1. The zero-order valence-corrected chi connectivity index (χ0v) is 15.8. The number of carbonyl (C=O) groups excluding carboxylic acids is 2. The highest BCUT2D eigenvalue weighted by Gasteiger charge is 2.28. The minimum absolute atomic E-state index is 0.00177. The maximum Gasteiger partial charge on any atom is 0.337 e. The zero-order valence-electron chi connectivity index (χ0n) is 15.8. The second-order valence-corrected chi connectivity index (χ2v) is 6.86. The molecule has 8 heteroatoms. The monoisotopic (exact) mass is 379 g/mol. The predicted molar refractivity (Wildman–Crippen MR) is 104 cm³/mol. The second-order valence-electron chi connectivity index (χ2n) is 6.86. The Morgan fingerprint density at radius 1 is 1.04 bits per heavy atom. The summed E-state index contributed by atoms with van der Waals surface area (Å²) in [6.45, 7) is 4.10. The first kappa shape index (κ1) is 18.0. The first-order valence-electron chi connectivity index (χ1n) is 9.11. The van der Waals surface area contributed by atoms with Crippen LogP contribution in [0.4, 0.5) is 5.69 Å². The molecule has 0 aliphatic carbocycles. The Labute approximate surface area is 162 Å². The van der Waals surface area contributed by atoms with Crippen molar-refractivity contribution >= 4 is 28.6 Å². The van der Waals surface area contributed by atoms with Crippen LogP contribution < -0.4 is 4.90 Å². The van der Waals surface area contributed by atoms with E-state index in [4.69, 9.17) is 4.74 Å². The number of esters is 1. The number of H-pyrrole nitrogens is 1. The average molecular weight is 379 g/mol. The molecule has 1 aromatic heterocycles. The fourth-order valence-electron chi connectivity index (χ4n) is 3.56. The van der Waals surface area contributed by atoms with E-state index < -0.39 is 0 Å². The van der Waals surface area contributed by atoms with Crippen LogP contribution >= 0.6 is 0 Å². The van der Waals surface area contributed by atoms with Crippen LogP contribution in [0.5, 0.6) is 0 Å². The van der Waals surface area contributed by atoms with Gasteiger partial charge < -0.3 is 14.5 Å². The van der Waals surface area contributed by atoms with Crippen LogP contribution in [0.15, 0.2) is 42.5 Å². The summed E-state index contributed by atoms with van der Waals surface area (Å²) < 4.78 is 4.74. The number of nitrogens with zero attached hydrogens (tertiary/aromatic N) is 4. The molecule has 2 aromatic carbocycles. The smallest absolute Gasteiger partial charge is 0.337 e. The molecule has 1 aliphatic heterocycles. The number of aromatic amines is 1. The maximum atomic E-state index is 13.0. The van der Waals surface area contributed by atoms with E-state index in [2.05, 4.69) is 20.3 Å². The van der Waals surface area contributed by atoms with Crippen LogP contribution in [0.25, 0.3) is 11.0 Å². The summed E-state index contributed by atoms with van der Waals surface area (Å²) in [6, 6.07) is 12.8. The first-order valence-corrected chi connectivity index (χ1v) is 9.11. The van der Waals surface area contributed by atoms with Crippen molar-refractivity contribution in [3.8, 4) is 0 Å². The number of hydrogen-bond donors (Lipinski definition) is 1. The van der Waals surface area contributed by atoms with Gasteiger partial charge in [0.2, 0.25) is 0 Å². The number of benzene rings is 2. The Balaban J connectivity index is 1.46. The SMILES string of the molecule is COC(=O)c1ccc(N2CCN(C(=O)c3ccc4n[nH]nc4c3)[C@@H](C)C2)cc1. The number of methoxy groups -OCH3 is 1. The van der Waals surface area contributed by atoms with Crippen LogP contribution in [-0.4, -0.2) is 65.0 Å². The molecule has 28 heavy (non-hydrogen) atoms. The lowest BCUT2D eigenvalue weighted by molar-refractivity contribution is 0.0599. The summed E-state index contributed by atoms with van der Waals surface area (Å²) in [5.74, 6) is -0.350. The van der Waals surface area contributed by atoms with Gasteiger partial charge >= 0.3 is 5.97 Å². The number of anilines is 1. The van der Waals surface area contributed by atoms with Crippen LogP contribution in [-0.2, 0) is 4.74 Å². The lowest BCUT2D eigenvalue weighted by Crippen LogP contribution is -2.54. The molecule has 144 valence electrons. The van der Waals surface area contributed by atoms with E-state index in [9.17, 15) is 9.59 Å². The van der Waals surface area contributed by atoms with Crippen molar-refractivity contribution < 1.29 is 14.3 Å². The molecule has 0 saturated carbocycles. The third-order valence-corrected chi connectivity index (χ3v) is 5.11. The fraction of sp³-hybridized carbons (Fsp3) is 0.300. The maximum absolute atomic E-state index is 13.0. The van der Waals surface area contributed by atoms with E-state index in [1.54, 1.807) is 30.3 Å².